The summed E-state index contributed by atoms with van der Waals surface area (Å²) in [6.45, 7) is 22.4. The Morgan fingerprint density at radius 3 is 2.24 bits per heavy atom. The van der Waals surface area contributed by atoms with Gasteiger partial charge in [0.1, 0.15) is 6.67 Å². The molecule has 51 heavy (non-hydrogen) atoms. The number of alkyl halides is 1. The van der Waals surface area contributed by atoms with Crippen LogP contribution in [-0.2, 0) is 4.79 Å². The summed E-state index contributed by atoms with van der Waals surface area (Å²) in [5.74, 6) is 2.87. The van der Waals surface area contributed by atoms with Crippen LogP contribution >= 0.6 is 0 Å². The van der Waals surface area contributed by atoms with Crippen molar-refractivity contribution in [3.63, 3.8) is 0 Å². The first kappa shape index (κ1) is 37.8. The van der Waals surface area contributed by atoms with Gasteiger partial charge in [-0.05, 0) is 191 Å². The number of allylic oxidation sites excluding steroid dienone is 5. The van der Waals surface area contributed by atoms with Crippen molar-refractivity contribution < 1.29 is 19.4 Å². The minimum atomic E-state index is -1.25. The number of hydrogen-bond acceptors (Lipinski definition) is 3. The average Bonchev–Trinajstić information content (AvgIpc) is 3.46. The van der Waals surface area contributed by atoms with E-state index in [1.54, 1.807) is 0 Å². The van der Waals surface area contributed by atoms with E-state index in [0.29, 0.717) is 48.9 Å². The topological polar surface area (TPSA) is 69.6 Å². The van der Waals surface area contributed by atoms with Gasteiger partial charge in [-0.2, -0.15) is 0 Å². The number of carboxylic acid groups (broad SMARTS) is 1. The molecule has 0 aromatic rings. The molecule has 286 valence electrons. The van der Waals surface area contributed by atoms with Crippen molar-refractivity contribution in [1.82, 2.24) is 5.32 Å². The van der Waals surface area contributed by atoms with Gasteiger partial charge in [-0.25, -0.2) is 4.39 Å². The lowest BCUT2D eigenvalue weighted by Crippen LogP contribution is -2.68. The van der Waals surface area contributed by atoms with E-state index in [1.807, 2.05) is 0 Å². The number of carbonyl (C=O) groups is 1. The Hall–Kier alpha value is -1.46. The standard InChI is InChI=1S/C46H72FNO3/c1-30(2)33-15-24-46(48-28-27-45(51)22-11-31(3)12-23-45)26-25-42(7)35(38(33)46)9-10-37-41(6)18-16-34(40(4,5)36(41)17-19-43(37,42)8)32-13-20-44(29-47,21-14-32)39(49)50/h13,16,31,33,35-38,48,51H,1,9-12,14-15,17-29H2,2-8H3,(H,49,50). The fraction of sp³-hybridized carbons (Fsp3) is 0.848. The number of halogens is 1. The molecule has 10 atom stereocenters. The van der Waals surface area contributed by atoms with Gasteiger partial charge in [0.2, 0.25) is 0 Å². The molecule has 0 bridgehead atoms. The Morgan fingerprint density at radius 1 is 0.882 bits per heavy atom. The second-order valence-electron chi connectivity index (χ2n) is 21.1. The number of aliphatic hydroxyl groups is 1. The number of rotatable bonds is 8. The summed E-state index contributed by atoms with van der Waals surface area (Å²) >= 11 is 0. The number of fused-ring (bicyclic) bond motifs is 7. The lowest BCUT2D eigenvalue weighted by molar-refractivity contribution is -0.221. The molecular weight excluding hydrogens is 634 g/mol. The van der Waals surface area contributed by atoms with Crippen LogP contribution in [0.4, 0.5) is 4.39 Å². The fourth-order valence-electron chi connectivity index (χ4n) is 15.2. The summed E-state index contributed by atoms with van der Waals surface area (Å²) in [6, 6.07) is 0. The summed E-state index contributed by atoms with van der Waals surface area (Å²) in [5.41, 5.74) is 3.28. The zero-order valence-corrected chi connectivity index (χ0v) is 33.4. The Bertz CT molecular complexity index is 1460. The van der Waals surface area contributed by atoms with E-state index in [0.717, 1.165) is 51.0 Å². The van der Waals surface area contributed by atoms with Gasteiger partial charge in [-0.15, -0.1) is 0 Å². The molecule has 10 unspecified atom stereocenters. The zero-order chi connectivity index (χ0) is 36.8. The molecule has 0 aromatic heterocycles. The molecule has 5 heteroatoms. The minimum Gasteiger partial charge on any atom is -0.481 e. The molecule has 7 aliphatic rings. The van der Waals surface area contributed by atoms with E-state index in [-0.39, 0.29) is 27.2 Å². The van der Waals surface area contributed by atoms with Crippen molar-refractivity contribution in [3.05, 3.63) is 35.5 Å². The second kappa shape index (κ2) is 12.8. The third kappa shape index (κ3) is 5.64. The van der Waals surface area contributed by atoms with E-state index >= 15 is 0 Å². The van der Waals surface area contributed by atoms with Crippen LogP contribution in [0.2, 0.25) is 0 Å². The lowest BCUT2D eigenvalue weighted by atomic mass is 9.33. The van der Waals surface area contributed by atoms with Gasteiger partial charge in [-0.1, -0.05) is 65.8 Å². The molecule has 0 heterocycles. The highest BCUT2D eigenvalue weighted by atomic mass is 19.1. The van der Waals surface area contributed by atoms with Crippen LogP contribution in [0.3, 0.4) is 0 Å². The molecular formula is C46H72FNO3. The highest BCUT2D eigenvalue weighted by molar-refractivity contribution is 5.75. The maximum atomic E-state index is 14.0. The number of nitrogens with one attached hydrogen (secondary N) is 1. The predicted octanol–water partition coefficient (Wildman–Crippen LogP) is 11.0. The third-order valence-corrected chi connectivity index (χ3v) is 18.6. The molecule has 0 saturated heterocycles. The molecule has 4 nitrogen and oxygen atoms in total. The molecule has 0 spiro atoms. The maximum absolute atomic E-state index is 14.0. The maximum Gasteiger partial charge on any atom is 0.312 e. The van der Waals surface area contributed by atoms with Crippen LogP contribution in [0.5, 0.6) is 0 Å². The quantitative estimate of drug-likeness (QED) is 0.220. The van der Waals surface area contributed by atoms with E-state index in [4.69, 9.17) is 0 Å². The van der Waals surface area contributed by atoms with Crippen LogP contribution in [0.1, 0.15) is 158 Å². The van der Waals surface area contributed by atoms with Gasteiger partial charge in [0.05, 0.1) is 11.0 Å². The second-order valence-corrected chi connectivity index (χ2v) is 21.1. The van der Waals surface area contributed by atoms with E-state index in [1.165, 1.54) is 68.1 Å². The first-order chi connectivity index (χ1) is 23.9. The van der Waals surface area contributed by atoms with E-state index in [2.05, 4.69) is 72.5 Å². The van der Waals surface area contributed by atoms with Gasteiger partial charge in [0.15, 0.2) is 0 Å². The molecule has 5 saturated carbocycles. The normalized spacial score (nSPS) is 49.0. The highest BCUT2D eigenvalue weighted by Gasteiger charge is 2.70. The summed E-state index contributed by atoms with van der Waals surface area (Å²) in [7, 11) is 0. The summed E-state index contributed by atoms with van der Waals surface area (Å²) in [5, 5.41) is 25.6. The molecule has 7 aliphatic carbocycles. The Labute approximate surface area is 310 Å². The molecule has 0 radical (unpaired) electrons. The Morgan fingerprint density at radius 2 is 1.61 bits per heavy atom. The molecule has 3 N–H and O–H groups in total. The first-order valence-electron chi connectivity index (χ1n) is 21.2. The van der Waals surface area contributed by atoms with Gasteiger partial charge >= 0.3 is 5.97 Å². The van der Waals surface area contributed by atoms with Crippen LogP contribution in [0.25, 0.3) is 0 Å². The van der Waals surface area contributed by atoms with Gasteiger partial charge in [0, 0.05) is 5.54 Å². The third-order valence-electron chi connectivity index (χ3n) is 18.6. The largest absolute Gasteiger partial charge is 0.481 e. The molecule has 0 aromatic carbocycles. The van der Waals surface area contributed by atoms with Crippen LogP contribution in [-0.4, -0.2) is 40.5 Å². The highest BCUT2D eigenvalue weighted by Crippen LogP contribution is 2.76. The van der Waals surface area contributed by atoms with Crippen LogP contribution < -0.4 is 5.32 Å². The van der Waals surface area contributed by atoms with Crippen molar-refractivity contribution in [3.8, 4) is 0 Å². The molecule has 5 fully saturated rings. The Balaban J connectivity index is 1.14. The monoisotopic (exact) mass is 706 g/mol. The van der Waals surface area contributed by atoms with Crippen LogP contribution in [0.15, 0.2) is 35.5 Å². The smallest absolute Gasteiger partial charge is 0.312 e. The van der Waals surface area contributed by atoms with Crippen molar-refractivity contribution in [2.45, 2.75) is 169 Å². The predicted molar refractivity (Wildman–Crippen MR) is 206 cm³/mol. The van der Waals surface area contributed by atoms with Gasteiger partial charge in [0.25, 0.3) is 0 Å². The summed E-state index contributed by atoms with van der Waals surface area (Å²) in [4.78, 5) is 12.0. The summed E-state index contributed by atoms with van der Waals surface area (Å²) < 4.78 is 14.0. The molecule has 0 aliphatic heterocycles. The number of aliphatic carboxylic acids is 1. The van der Waals surface area contributed by atoms with E-state index in [9.17, 15) is 19.4 Å². The Kier molecular flexibility index (Phi) is 9.50. The number of hydrogen-bond donors (Lipinski definition) is 3. The van der Waals surface area contributed by atoms with Crippen molar-refractivity contribution in [1.29, 1.82) is 0 Å². The number of carboxylic acids is 1. The lowest BCUT2D eigenvalue weighted by Gasteiger charge is -2.72. The van der Waals surface area contributed by atoms with Crippen LogP contribution in [0, 0.1) is 62.6 Å². The van der Waals surface area contributed by atoms with E-state index < -0.39 is 23.7 Å². The summed E-state index contributed by atoms with van der Waals surface area (Å²) in [6.07, 6.45) is 22.3. The van der Waals surface area contributed by atoms with Gasteiger partial charge < -0.3 is 15.5 Å². The first-order valence-corrected chi connectivity index (χ1v) is 21.2. The fourth-order valence-corrected chi connectivity index (χ4v) is 15.2. The van der Waals surface area contributed by atoms with Crippen molar-refractivity contribution in [2.24, 2.45) is 62.6 Å². The van der Waals surface area contributed by atoms with Crippen molar-refractivity contribution >= 4 is 5.97 Å². The molecule has 0 amide bonds. The average molecular weight is 706 g/mol. The molecule has 7 rings (SSSR count). The zero-order valence-electron chi connectivity index (χ0n) is 33.4. The SMILES string of the molecule is C=C(C)C1CCC2(NCCC3(O)CCC(C)CC3)CCC3(C)C(CCC4C5(C)CC=C(C6=CCC(CF)(C(=O)O)CC6)C(C)(C)C5CCC43C)C12. The van der Waals surface area contributed by atoms with Crippen molar-refractivity contribution in [2.75, 3.05) is 13.2 Å². The van der Waals surface area contributed by atoms with Gasteiger partial charge in [-0.3, -0.25) is 4.79 Å². The minimum absolute atomic E-state index is 0.000560.